The number of rotatable bonds is 4. The summed E-state index contributed by atoms with van der Waals surface area (Å²) in [5.74, 6) is 0. The van der Waals surface area contributed by atoms with Gasteiger partial charge in [0, 0.05) is 6.54 Å². The molecule has 1 atom stereocenters. The zero-order valence-corrected chi connectivity index (χ0v) is 10.8. The van der Waals surface area contributed by atoms with Crippen molar-refractivity contribution in [2.45, 2.75) is 39.3 Å². The minimum absolute atomic E-state index is 0.0423. The van der Waals surface area contributed by atoms with Crippen molar-refractivity contribution in [3.63, 3.8) is 0 Å². The fourth-order valence-electron chi connectivity index (χ4n) is 2.09. The summed E-state index contributed by atoms with van der Waals surface area (Å²) in [5.41, 5.74) is 2.18. The van der Waals surface area contributed by atoms with E-state index in [-0.39, 0.29) is 11.7 Å². The van der Waals surface area contributed by atoms with E-state index >= 15 is 0 Å². The number of aliphatic hydroxyl groups excluding tert-OH is 1. The van der Waals surface area contributed by atoms with Crippen LogP contribution in [0.15, 0.2) is 29.1 Å². The van der Waals surface area contributed by atoms with Crippen LogP contribution in [0, 0.1) is 6.92 Å². The number of benzene rings is 1. The van der Waals surface area contributed by atoms with E-state index in [0.717, 1.165) is 17.5 Å². The van der Waals surface area contributed by atoms with Crippen LogP contribution < -0.4 is 5.56 Å². The molecule has 1 unspecified atom stereocenters. The molecule has 2 rings (SSSR count). The zero-order chi connectivity index (χ0) is 13.1. The minimum atomic E-state index is -0.324. The van der Waals surface area contributed by atoms with Crippen LogP contribution in [0.1, 0.15) is 25.5 Å². The Morgan fingerprint density at radius 2 is 2.11 bits per heavy atom. The van der Waals surface area contributed by atoms with E-state index in [1.807, 2.05) is 24.3 Å². The molecule has 4 nitrogen and oxygen atoms in total. The molecule has 0 fully saturated rings. The Morgan fingerprint density at radius 3 is 2.83 bits per heavy atom. The predicted octanol–water partition coefficient (Wildman–Crippen LogP) is 1.87. The summed E-state index contributed by atoms with van der Waals surface area (Å²) in [6.45, 7) is 4.12. The molecule has 0 bridgehead atoms. The summed E-state index contributed by atoms with van der Waals surface area (Å²) in [4.78, 5) is 16.4. The molecule has 2 aromatic rings. The fraction of sp³-hybridized carbons (Fsp3) is 0.429. The van der Waals surface area contributed by atoms with Crippen LogP contribution in [-0.2, 0) is 6.54 Å². The Kier molecular flexibility index (Phi) is 3.77. The number of fused-ring (bicyclic) bond motifs is 1. The molecule has 0 aliphatic rings. The average molecular weight is 246 g/mol. The molecule has 18 heavy (non-hydrogen) atoms. The van der Waals surface area contributed by atoms with Gasteiger partial charge in [-0.05, 0) is 38.8 Å². The number of hydrogen-bond donors (Lipinski definition) is 1. The largest absolute Gasteiger partial charge is 0.393 e. The van der Waals surface area contributed by atoms with Crippen molar-refractivity contribution in [1.82, 2.24) is 9.55 Å². The molecular formula is C14H18N2O2. The van der Waals surface area contributed by atoms with Crippen molar-refractivity contribution in [3.8, 4) is 0 Å². The van der Waals surface area contributed by atoms with Crippen molar-refractivity contribution in [2.75, 3.05) is 0 Å². The Labute approximate surface area is 106 Å². The highest BCUT2D eigenvalue weighted by molar-refractivity contribution is 5.74. The summed E-state index contributed by atoms with van der Waals surface area (Å²) in [5, 5.41) is 9.27. The molecule has 1 aromatic heterocycles. The van der Waals surface area contributed by atoms with E-state index < -0.39 is 0 Å². The maximum absolute atomic E-state index is 12.1. The van der Waals surface area contributed by atoms with Crippen molar-refractivity contribution in [1.29, 1.82) is 0 Å². The number of para-hydroxylation sites is 2. The molecule has 1 heterocycles. The van der Waals surface area contributed by atoms with Gasteiger partial charge in [-0.1, -0.05) is 12.1 Å². The van der Waals surface area contributed by atoms with Gasteiger partial charge in [0.1, 0.15) is 5.69 Å². The Morgan fingerprint density at radius 1 is 1.39 bits per heavy atom. The quantitative estimate of drug-likeness (QED) is 0.896. The number of aliphatic hydroxyl groups is 1. The van der Waals surface area contributed by atoms with E-state index in [0.29, 0.717) is 18.7 Å². The maximum Gasteiger partial charge on any atom is 0.272 e. The molecule has 0 aliphatic carbocycles. The van der Waals surface area contributed by atoms with E-state index in [4.69, 9.17) is 0 Å². The van der Waals surface area contributed by atoms with Crippen LogP contribution in [0.2, 0.25) is 0 Å². The second kappa shape index (κ2) is 5.31. The smallest absolute Gasteiger partial charge is 0.272 e. The van der Waals surface area contributed by atoms with Gasteiger partial charge in [0.15, 0.2) is 0 Å². The van der Waals surface area contributed by atoms with Crippen molar-refractivity contribution in [2.24, 2.45) is 0 Å². The van der Waals surface area contributed by atoms with Crippen molar-refractivity contribution < 1.29 is 5.11 Å². The van der Waals surface area contributed by atoms with Gasteiger partial charge in [-0.3, -0.25) is 4.79 Å². The number of hydrogen-bond acceptors (Lipinski definition) is 3. The van der Waals surface area contributed by atoms with Gasteiger partial charge in [-0.25, -0.2) is 4.98 Å². The van der Waals surface area contributed by atoms with Crippen molar-refractivity contribution >= 4 is 11.0 Å². The summed E-state index contributed by atoms with van der Waals surface area (Å²) in [6, 6.07) is 7.64. The highest BCUT2D eigenvalue weighted by atomic mass is 16.3. The standard InChI is InChI=1S/C14H18N2O2/c1-10(17)6-5-9-16-13-8-4-3-7-12(13)15-11(2)14(16)18/h3-4,7-8,10,17H,5-6,9H2,1-2H3. The maximum atomic E-state index is 12.1. The van der Waals surface area contributed by atoms with Crippen LogP contribution in [0.25, 0.3) is 11.0 Å². The van der Waals surface area contributed by atoms with Gasteiger partial charge < -0.3 is 9.67 Å². The molecule has 0 saturated carbocycles. The lowest BCUT2D eigenvalue weighted by molar-refractivity contribution is 0.179. The summed E-state index contributed by atoms with van der Waals surface area (Å²) in [7, 11) is 0. The first kappa shape index (κ1) is 12.8. The van der Waals surface area contributed by atoms with E-state index in [1.54, 1.807) is 18.4 Å². The molecule has 4 heteroatoms. The number of aryl methyl sites for hydroxylation is 2. The third-order valence-electron chi connectivity index (χ3n) is 3.02. The normalized spacial score (nSPS) is 12.8. The molecule has 1 N–H and O–H groups in total. The highest BCUT2D eigenvalue weighted by Crippen LogP contribution is 2.11. The van der Waals surface area contributed by atoms with E-state index in [9.17, 15) is 9.90 Å². The van der Waals surface area contributed by atoms with Gasteiger partial charge in [0.05, 0.1) is 17.1 Å². The predicted molar refractivity (Wildman–Crippen MR) is 71.7 cm³/mol. The second-order valence-corrected chi connectivity index (χ2v) is 4.63. The summed E-state index contributed by atoms with van der Waals surface area (Å²) >= 11 is 0. The fourth-order valence-corrected chi connectivity index (χ4v) is 2.09. The van der Waals surface area contributed by atoms with Crippen LogP contribution in [0.3, 0.4) is 0 Å². The highest BCUT2D eigenvalue weighted by Gasteiger charge is 2.07. The van der Waals surface area contributed by atoms with E-state index in [2.05, 4.69) is 4.98 Å². The molecule has 1 aromatic carbocycles. The Balaban J connectivity index is 2.41. The topological polar surface area (TPSA) is 55.1 Å². The lowest BCUT2D eigenvalue weighted by Gasteiger charge is -2.11. The third-order valence-corrected chi connectivity index (χ3v) is 3.02. The molecule has 0 radical (unpaired) electrons. The Bertz CT molecular complexity index is 602. The molecular weight excluding hydrogens is 228 g/mol. The third kappa shape index (κ3) is 2.59. The van der Waals surface area contributed by atoms with Gasteiger partial charge in [-0.2, -0.15) is 0 Å². The molecule has 0 spiro atoms. The van der Waals surface area contributed by atoms with E-state index in [1.165, 1.54) is 0 Å². The average Bonchev–Trinajstić information content (AvgIpc) is 2.33. The lowest BCUT2D eigenvalue weighted by Crippen LogP contribution is -2.24. The molecule has 0 saturated heterocycles. The van der Waals surface area contributed by atoms with Gasteiger partial charge >= 0.3 is 0 Å². The summed E-state index contributed by atoms with van der Waals surface area (Å²) < 4.78 is 1.75. The van der Waals surface area contributed by atoms with Gasteiger partial charge in [-0.15, -0.1) is 0 Å². The molecule has 96 valence electrons. The first-order chi connectivity index (χ1) is 8.59. The number of nitrogens with zero attached hydrogens (tertiary/aromatic N) is 2. The van der Waals surface area contributed by atoms with Crippen molar-refractivity contribution in [3.05, 3.63) is 40.3 Å². The summed E-state index contributed by atoms with van der Waals surface area (Å²) in [6.07, 6.45) is 1.16. The Hall–Kier alpha value is -1.68. The molecule has 0 aliphatic heterocycles. The first-order valence-electron chi connectivity index (χ1n) is 6.24. The zero-order valence-electron chi connectivity index (χ0n) is 10.8. The van der Waals surface area contributed by atoms with Crippen LogP contribution >= 0.6 is 0 Å². The minimum Gasteiger partial charge on any atom is -0.393 e. The number of aromatic nitrogens is 2. The van der Waals surface area contributed by atoms with Crippen LogP contribution in [0.5, 0.6) is 0 Å². The second-order valence-electron chi connectivity index (χ2n) is 4.63. The SMILES string of the molecule is Cc1nc2ccccc2n(CCCC(C)O)c1=O. The van der Waals surface area contributed by atoms with Crippen LogP contribution in [-0.4, -0.2) is 20.8 Å². The van der Waals surface area contributed by atoms with Crippen LogP contribution in [0.4, 0.5) is 0 Å². The lowest BCUT2D eigenvalue weighted by atomic mass is 10.2. The van der Waals surface area contributed by atoms with Gasteiger partial charge in [0.25, 0.3) is 5.56 Å². The first-order valence-corrected chi connectivity index (χ1v) is 6.24. The monoisotopic (exact) mass is 246 g/mol. The molecule has 0 amide bonds. The van der Waals surface area contributed by atoms with Gasteiger partial charge in [0.2, 0.25) is 0 Å².